The minimum absolute atomic E-state index is 0.00566. The number of nitrogens with zero attached hydrogens (tertiary/aromatic N) is 4. The van der Waals surface area contributed by atoms with Crippen molar-refractivity contribution in [2.24, 2.45) is 0 Å². The van der Waals surface area contributed by atoms with Crippen LogP contribution in [0.1, 0.15) is 11.3 Å². The van der Waals surface area contributed by atoms with E-state index in [9.17, 15) is 5.11 Å². The fourth-order valence-electron chi connectivity index (χ4n) is 1.89. The molecule has 0 radical (unpaired) electrons. The minimum Gasteiger partial charge on any atom is -0.493 e. The van der Waals surface area contributed by atoms with Crippen molar-refractivity contribution in [2.45, 2.75) is 17.5 Å². The zero-order valence-electron chi connectivity index (χ0n) is 11.4. The normalized spacial score (nSPS) is 11.1. The maximum atomic E-state index is 9.93. The van der Waals surface area contributed by atoms with Gasteiger partial charge in [0, 0.05) is 18.9 Å². The molecule has 0 atom stereocenters. The number of methoxy groups -OCH3 is 1. The fraction of sp³-hybridized carbons (Fsp3) is 0.214. The van der Waals surface area contributed by atoms with Crippen LogP contribution in [0.3, 0.4) is 0 Å². The van der Waals surface area contributed by atoms with Crippen LogP contribution < -0.4 is 0 Å². The Morgan fingerprint density at radius 1 is 1.24 bits per heavy atom. The summed E-state index contributed by atoms with van der Waals surface area (Å²) in [5.74, 6) is 1.15. The van der Waals surface area contributed by atoms with Gasteiger partial charge in [-0.15, -0.1) is 5.10 Å². The summed E-state index contributed by atoms with van der Waals surface area (Å²) in [7, 11) is 1.58. The van der Waals surface area contributed by atoms with Gasteiger partial charge < -0.3 is 9.84 Å². The molecule has 0 spiro atoms. The first-order valence-electron chi connectivity index (χ1n) is 6.37. The van der Waals surface area contributed by atoms with Crippen molar-refractivity contribution >= 4 is 17.5 Å². The second-order valence-electron chi connectivity index (χ2n) is 4.42. The zero-order valence-corrected chi connectivity index (χ0v) is 12.2. The van der Waals surface area contributed by atoms with Crippen molar-refractivity contribution in [3.05, 3.63) is 47.7 Å². The maximum absolute atomic E-state index is 9.93. The number of thioether (sulfide) groups is 1. The largest absolute Gasteiger partial charge is 0.493 e. The minimum atomic E-state index is 0.00566. The van der Waals surface area contributed by atoms with Gasteiger partial charge in [0.2, 0.25) is 11.0 Å². The van der Waals surface area contributed by atoms with Gasteiger partial charge in [0.25, 0.3) is 5.78 Å². The smallest absolute Gasteiger partial charge is 0.256 e. The Balaban J connectivity index is 1.82. The molecule has 0 saturated carbocycles. The van der Waals surface area contributed by atoms with Crippen LogP contribution in [0.25, 0.3) is 5.78 Å². The van der Waals surface area contributed by atoms with Gasteiger partial charge in [-0.05, 0) is 5.56 Å². The average molecular weight is 302 g/mol. The van der Waals surface area contributed by atoms with E-state index in [1.807, 2.05) is 18.2 Å². The predicted octanol–water partition coefficient (Wildman–Crippen LogP) is 2.27. The lowest BCUT2D eigenvalue weighted by Crippen LogP contribution is -1.98. The molecule has 0 saturated heterocycles. The highest BCUT2D eigenvalue weighted by Gasteiger charge is 2.11. The van der Waals surface area contributed by atoms with Crippen molar-refractivity contribution in [1.82, 2.24) is 19.6 Å². The third kappa shape index (κ3) is 3.14. The van der Waals surface area contributed by atoms with Gasteiger partial charge in [0.05, 0.1) is 12.3 Å². The van der Waals surface area contributed by atoms with Crippen LogP contribution in [0.2, 0.25) is 0 Å². The second-order valence-corrected chi connectivity index (χ2v) is 5.36. The van der Waals surface area contributed by atoms with Crippen LogP contribution in [0, 0.1) is 0 Å². The summed E-state index contributed by atoms with van der Waals surface area (Å²) in [5.41, 5.74) is 1.81. The summed E-state index contributed by atoms with van der Waals surface area (Å²) in [5, 5.41) is 14.8. The van der Waals surface area contributed by atoms with Crippen LogP contribution >= 0.6 is 11.8 Å². The van der Waals surface area contributed by atoms with Crippen LogP contribution in [-0.2, 0) is 17.1 Å². The molecule has 0 aliphatic heterocycles. The van der Waals surface area contributed by atoms with Crippen LogP contribution in [0.4, 0.5) is 0 Å². The molecule has 2 heterocycles. The van der Waals surface area contributed by atoms with E-state index in [2.05, 4.69) is 27.2 Å². The second kappa shape index (κ2) is 6.11. The lowest BCUT2D eigenvalue weighted by molar-refractivity contribution is 0.181. The Morgan fingerprint density at radius 2 is 2.05 bits per heavy atom. The van der Waals surface area contributed by atoms with Crippen LogP contribution in [0.5, 0.6) is 5.88 Å². The fourth-order valence-corrected chi connectivity index (χ4v) is 2.66. The summed E-state index contributed by atoms with van der Waals surface area (Å²) >= 11 is 1.50. The van der Waals surface area contributed by atoms with E-state index in [1.165, 1.54) is 27.9 Å². The van der Waals surface area contributed by atoms with E-state index in [1.54, 1.807) is 7.11 Å². The molecule has 108 valence electrons. The number of ether oxygens (including phenoxy) is 1. The van der Waals surface area contributed by atoms with Gasteiger partial charge >= 0.3 is 0 Å². The SMILES string of the molecule is COCc1cc(O)n2nc(SCc3ccccc3)nc2n1. The highest BCUT2D eigenvalue weighted by atomic mass is 32.2. The molecule has 0 unspecified atom stereocenters. The third-order valence-corrected chi connectivity index (χ3v) is 3.74. The predicted molar refractivity (Wildman–Crippen MR) is 79.2 cm³/mol. The first-order chi connectivity index (χ1) is 10.3. The molecule has 0 aliphatic rings. The average Bonchev–Trinajstić information content (AvgIpc) is 2.90. The first-order valence-corrected chi connectivity index (χ1v) is 7.36. The van der Waals surface area contributed by atoms with Crippen LogP contribution in [-0.4, -0.2) is 31.8 Å². The molecule has 21 heavy (non-hydrogen) atoms. The standard InChI is InChI=1S/C14H14N4O2S/c1-20-8-11-7-12(19)18-13(15-11)16-14(17-18)21-9-10-5-3-2-4-6-10/h2-7,19H,8-9H2,1H3. The Hall–Kier alpha value is -2.12. The zero-order chi connectivity index (χ0) is 14.7. The molecule has 0 amide bonds. The quantitative estimate of drug-likeness (QED) is 0.729. The molecule has 1 N–H and O–H groups in total. The van der Waals surface area contributed by atoms with Gasteiger partial charge in [-0.3, -0.25) is 0 Å². The highest BCUT2D eigenvalue weighted by molar-refractivity contribution is 7.98. The topological polar surface area (TPSA) is 72.5 Å². The number of aromatic nitrogens is 4. The number of hydrogen-bond donors (Lipinski definition) is 1. The summed E-state index contributed by atoms with van der Waals surface area (Å²) in [6.45, 7) is 0.323. The lowest BCUT2D eigenvalue weighted by atomic mass is 10.2. The van der Waals surface area contributed by atoms with E-state index < -0.39 is 0 Å². The molecular weight excluding hydrogens is 288 g/mol. The molecule has 1 aromatic carbocycles. The molecule has 0 fully saturated rings. The van der Waals surface area contributed by atoms with E-state index in [0.717, 1.165) is 5.75 Å². The van der Waals surface area contributed by atoms with Crippen LogP contribution in [0.15, 0.2) is 41.6 Å². The summed E-state index contributed by atoms with van der Waals surface area (Å²) in [6.07, 6.45) is 0. The summed E-state index contributed by atoms with van der Waals surface area (Å²) in [6, 6.07) is 11.6. The number of rotatable bonds is 5. The third-order valence-electron chi connectivity index (χ3n) is 2.83. The molecule has 3 rings (SSSR count). The van der Waals surface area contributed by atoms with Gasteiger partial charge in [0.1, 0.15) is 0 Å². The van der Waals surface area contributed by atoms with Crippen molar-refractivity contribution in [2.75, 3.05) is 7.11 Å². The highest BCUT2D eigenvalue weighted by Crippen LogP contribution is 2.21. The molecule has 7 heteroatoms. The molecule has 2 aromatic heterocycles. The van der Waals surface area contributed by atoms with E-state index in [4.69, 9.17) is 4.74 Å². The van der Waals surface area contributed by atoms with Crippen molar-refractivity contribution < 1.29 is 9.84 Å². The monoisotopic (exact) mass is 302 g/mol. The molecule has 6 nitrogen and oxygen atoms in total. The van der Waals surface area contributed by atoms with Crippen molar-refractivity contribution in [3.63, 3.8) is 0 Å². The van der Waals surface area contributed by atoms with Crippen molar-refractivity contribution in [3.8, 4) is 5.88 Å². The molecule has 0 bridgehead atoms. The van der Waals surface area contributed by atoms with E-state index in [-0.39, 0.29) is 5.88 Å². The Labute approximate surface area is 125 Å². The Morgan fingerprint density at radius 3 is 2.81 bits per heavy atom. The molecule has 0 aliphatic carbocycles. The molecular formula is C14H14N4O2S. The van der Waals surface area contributed by atoms with Gasteiger partial charge in [0.15, 0.2) is 0 Å². The molecule has 3 aromatic rings. The first kappa shape index (κ1) is 13.8. The van der Waals surface area contributed by atoms with Gasteiger partial charge in [-0.1, -0.05) is 42.1 Å². The van der Waals surface area contributed by atoms with E-state index in [0.29, 0.717) is 23.2 Å². The lowest BCUT2D eigenvalue weighted by Gasteiger charge is -2.00. The summed E-state index contributed by atoms with van der Waals surface area (Å²) < 4.78 is 6.33. The number of aromatic hydroxyl groups is 1. The number of benzene rings is 1. The van der Waals surface area contributed by atoms with Crippen molar-refractivity contribution in [1.29, 1.82) is 0 Å². The summed E-state index contributed by atoms with van der Waals surface area (Å²) in [4.78, 5) is 8.61. The number of hydrogen-bond acceptors (Lipinski definition) is 6. The van der Waals surface area contributed by atoms with Gasteiger partial charge in [-0.25, -0.2) is 4.98 Å². The van der Waals surface area contributed by atoms with E-state index >= 15 is 0 Å². The Kier molecular flexibility index (Phi) is 4.03. The number of fused-ring (bicyclic) bond motifs is 1. The maximum Gasteiger partial charge on any atom is 0.256 e. The van der Waals surface area contributed by atoms with Gasteiger partial charge in [-0.2, -0.15) is 9.50 Å². The Bertz CT molecular complexity index is 745.